The zero-order valence-electron chi connectivity index (χ0n) is 15.3. The smallest absolute Gasteiger partial charge is 0.209 e. The second-order valence-electron chi connectivity index (χ2n) is 6.90. The summed E-state index contributed by atoms with van der Waals surface area (Å²) < 4.78 is 29.6. The number of nitrogen functional groups attached to an aromatic ring is 1. The molecule has 1 fully saturated rings. The van der Waals surface area contributed by atoms with E-state index in [1.807, 2.05) is 6.92 Å². The van der Waals surface area contributed by atoms with Gasteiger partial charge in [-0.05, 0) is 56.7 Å². The normalized spacial score (nSPS) is 15.6. The van der Waals surface area contributed by atoms with Gasteiger partial charge in [-0.3, -0.25) is 0 Å². The van der Waals surface area contributed by atoms with Gasteiger partial charge >= 0.3 is 0 Å². The molecule has 1 aliphatic rings. The Balaban J connectivity index is 1.86. The van der Waals surface area contributed by atoms with Crippen LogP contribution in [0, 0.1) is 23.5 Å². The predicted octanol–water partition coefficient (Wildman–Crippen LogP) is 3.03. The number of nitrogens with zero attached hydrogens (tertiary/aromatic N) is 4. The number of nitrogens with two attached hydrogens (primary N) is 1. The van der Waals surface area contributed by atoms with Crippen molar-refractivity contribution in [1.29, 1.82) is 0 Å². The van der Waals surface area contributed by atoms with Crippen LogP contribution in [0.25, 0.3) is 22.6 Å². The molecule has 144 valence electrons. The van der Waals surface area contributed by atoms with Crippen LogP contribution in [0.5, 0.6) is 0 Å². The first kappa shape index (κ1) is 18.3. The summed E-state index contributed by atoms with van der Waals surface area (Å²) in [7, 11) is 0. The standard InChI is InChI=1S/C20H19F2N5O/c1-2-27-18(13-11-12(21)5-6-14(13)22)26-16-17(23)24-15(25-19(16)27)7-10-20(28)8-3-4-9-20/h5-6,11,28H,2-4,8-9H2,1H3,(H2,23,24,25). The molecule has 1 aliphatic carbocycles. The van der Waals surface area contributed by atoms with Gasteiger partial charge in [0.25, 0.3) is 0 Å². The van der Waals surface area contributed by atoms with E-state index in [2.05, 4.69) is 26.8 Å². The molecule has 0 spiro atoms. The highest BCUT2D eigenvalue weighted by atomic mass is 19.1. The summed E-state index contributed by atoms with van der Waals surface area (Å²) in [5.41, 5.74) is 5.71. The lowest BCUT2D eigenvalue weighted by molar-refractivity contribution is 0.110. The van der Waals surface area contributed by atoms with E-state index in [0.29, 0.717) is 30.6 Å². The monoisotopic (exact) mass is 383 g/mol. The highest BCUT2D eigenvalue weighted by Gasteiger charge is 2.28. The lowest BCUT2D eigenvalue weighted by Gasteiger charge is -2.12. The summed E-state index contributed by atoms with van der Waals surface area (Å²) >= 11 is 0. The largest absolute Gasteiger partial charge is 0.382 e. The van der Waals surface area contributed by atoms with Crippen molar-refractivity contribution in [3.8, 4) is 23.2 Å². The summed E-state index contributed by atoms with van der Waals surface area (Å²) in [6.07, 6.45) is 3.10. The molecule has 28 heavy (non-hydrogen) atoms. The molecule has 2 heterocycles. The second kappa shape index (κ2) is 6.84. The first-order chi connectivity index (χ1) is 13.4. The van der Waals surface area contributed by atoms with Crippen LogP contribution in [0.3, 0.4) is 0 Å². The van der Waals surface area contributed by atoms with E-state index in [0.717, 1.165) is 31.0 Å². The molecule has 1 saturated carbocycles. The maximum Gasteiger partial charge on any atom is 0.209 e. The van der Waals surface area contributed by atoms with Gasteiger partial charge in [0.2, 0.25) is 5.82 Å². The van der Waals surface area contributed by atoms with Crippen molar-refractivity contribution < 1.29 is 13.9 Å². The minimum atomic E-state index is -1.02. The number of imidazole rings is 1. The number of aryl methyl sites for hydroxylation is 1. The molecule has 3 N–H and O–H groups in total. The molecule has 0 unspecified atom stereocenters. The zero-order valence-corrected chi connectivity index (χ0v) is 15.3. The third kappa shape index (κ3) is 3.18. The van der Waals surface area contributed by atoms with Crippen LogP contribution >= 0.6 is 0 Å². The fraction of sp³-hybridized carbons (Fsp3) is 0.350. The Hall–Kier alpha value is -3.05. The van der Waals surface area contributed by atoms with E-state index in [1.165, 1.54) is 0 Å². The summed E-state index contributed by atoms with van der Waals surface area (Å²) in [6.45, 7) is 2.25. The zero-order chi connectivity index (χ0) is 19.9. The molecule has 0 radical (unpaired) electrons. The predicted molar refractivity (Wildman–Crippen MR) is 101 cm³/mol. The number of hydrogen-bond donors (Lipinski definition) is 2. The SMILES string of the molecule is CCn1c(-c2cc(F)ccc2F)nc2c(N)nc(C#CC3(O)CCCC3)nc21. The molecule has 0 amide bonds. The van der Waals surface area contributed by atoms with Crippen LogP contribution in [0.2, 0.25) is 0 Å². The summed E-state index contributed by atoms with van der Waals surface area (Å²) in [5, 5.41) is 10.4. The van der Waals surface area contributed by atoms with Gasteiger partial charge in [-0.15, -0.1) is 0 Å². The van der Waals surface area contributed by atoms with Crippen molar-refractivity contribution in [2.24, 2.45) is 0 Å². The Morgan fingerprint density at radius 3 is 2.68 bits per heavy atom. The molecule has 0 aliphatic heterocycles. The van der Waals surface area contributed by atoms with Crippen molar-refractivity contribution in [1.82, 2.24) is 19.5 Å². The van der Waals surface area contributed by atoms with Crippen molar-refractivity contribution in [2.45, 2.75) is 44.8 Å². The lowest BCUT2D eigenvalue weighted by Crippen LogP contribution is -2.20. The Kier molecular flexibility index (Phi) is 4.47. The first-order valence-electron chi connectivity index (χ1n) is 9.15. The fourth-order valence-electron chi connectivity index (χ4n) is 3.51. The number of hydrogen-bond acceptors (Lipinski definition) is 5. The number of aromatic nitrogens is 4. The highest BCUT2D eigenvalue weighted by molar-refractivity contribution is 5.86. The summed E-state index contributed by atoms with van der Waals surface area (Å²) in [5.74, 6) is 4.96. The number of rotatable bonds is 2. The third-order valence-electron chi connectivity index (χ3n) is 4.94. The molecule has 6 nitrogen and oxygen atoms in total. The Morgan fingerprint density at radius 1 is 1.21 bits per heavy atom. The third-order valence-corrected chi connectivity index (χ3v) is 4.94. The van der Waals surface area contributed by atoms with Gasteiger partial charge in [0.1, 0.15) is 23.1 Å². The van der Waals surface area contributed by atoms with Gasteiger partial charge < -0.3 is 15.4 Å². The number of benzene rings is 1. The van der Waals surface area contributed by atoms with Gasteiger partial charge in [-0.2, -0.15) is 0 Å². The lowest BCUT2D eigenvalue weighted by atomic mass is 10.0. The Bertz CT molecular complexity index is 1120. The van der Waals surface area contributed by atoms with E-state index in [1.54, 1.807) is 4.57 Å². The van der Waals surface area contributed by atoms with Gasteiger partial charge in [0, 0.05) is 6.54 Å². The van der Waals surface area contributed by atoms with Crippen LogP contribution in [0.15, 0.2) is 18.2 Å². The molecular formula is C20H19F2N5O. The van der Waals surface area contributed by atoms with E-state index in [-0.39, 0.29) is 23.0 Å². The van der Waals surface area contributed by atoms with Gasteiger partial charge in [-0.1, -0.05) is 5.92 Å². The molecule has 1 aromatic carbocycles. The van der Waals surface area contributed by atoms with Gasteiger partial charge in [0.15, 0.2) is 17.0 Å². The topological polar surface area (TPSA) is 89.9 Å². The van der Waals surface area contributed by atoms with E-state index in [4.69, 9.17) is 5.73 Å². The van der Waals surface area contributed by atoms with Crippen LogP contribution in [-0.2, 0) is 6.54 Å². The molecule has 0 saturated heterocycles. The molecule has 8 heteroatoms. The first-order valence-corrected chi connectivity index (χ1v) is 9.15. The second-order valence-corrected chi connectivity index (χ2v) is 6.90. The van der Waals surface area contributed by atoms with Crippen molar-refractivity contribution in [3.63, 3.8) is 0 Å². The van der Waals surface area contributed by atoms with Crippen LogP contribution in [0.4, 0.5) is 14.6 Å². The maximum absolute atomic E-state index is 14.3. The highest BCUT2D eigenvalue weighted by Crippen LogP contribution is 2.30. The number of halogens is 2. The number of fused-ring (bicyclic) bond motifs is 1. The van der Waals surface area contributed by atoms with E-state index in [9.17, 15) is 13.9 Å². The van der Waals surface area contributed by atoms with E-state index >= 15 is 0 Å². The molecule has 4 rings (SSSR count). The quantitative estimate of drug-likeness (QED) is 0.664. The average Bonchev–Trinajstić information content (AvgIpc) is 3.26. The Morgan fingerprint density at radius 2 is 1.96 bits per heavy atom. The van der Waals surface area contributed by atoms with E-state index < -0.39 is 17.2 Å². The van der Waals surface area contributed by atoms with Crippen LogP contribution < -0.4 is 5.73 Å². The Labute approximate surface area is 160 Å². The van der Waals surface area contributed by atoms with Gasteiger partial charge in [-0.25, -0.2) is 23.7 Å². The molecule has 0 atom stereocenters. The van der Waals surface area contributed by atoms with Crippen molar-refractivity contribution in [3.05, 3.63) is 35.7 Å². The average molecular weight is 383 g/mol. The number of aliphatic hydroxyl groups is 1. The summed E-state index contributed by atoms with van der Waals surface area (Å²) in [6, 6.07) is 3.19. The molecular weight excluding hydrogens is 364 g/mol. The minimum Gasteiger partial charge on any atom is -0.382 e. The maximum atomic E-state index is 14.3. The van der Waals surface area contributed by atoms with Crippen LogP contribution in [-0.4, -0.2) is 30.2 Å². The molecule has 0 bridgehead atoms. The summed E-state index contributed by atoms with van der Waals surface area (Å²) in [4.78, 5) is 12.9. The van der Waals surface area contributed by atoms with Crippen LogP contribution in [0.1, 0.15) is 38.4 Å². The fourth-order valence-corrected chi connectivity index (χ4v) is 3.51. The molecule has 2 aromatic heterocycles. The van der Waals surface area contributed by atoms with Crippen molar-refractivity contribution >= 4 is 17.0 Å². The van der Waals surface area contributed by atoms with Gasteiger partial charge in [0.05, 0.1) is 5.56 Å². The minimum absolute atomic E-state index is 0.0205. The number of anilines is 1. The van der Waals surface area contributed by atoms with Crippen molar-refractivity contribution in [2.75, 3.05) is 5.73 Å². The molecule has 3 aromatic rings.